The Morgan fingerprint density at radius 2 is 1.79 bits per heavy atom. The van der Waals surface area contributed by atoms with Crippen LogP contribution in [-0.4, -0.2) is 31.8 Å². The number of anilines is 1. The van der Waals surface area contributed by atoms with Crippen LogP contribution in [0.2, 0.25) is 0 Å². The van der Waals surface area contributed by atoms with Gasteiger partial charge in [-0.2, -0.15) is 0 Å². The number of sulfonamides is 1. The molecule has 0 spiro atoms. The molecule has 0 heterocycles. The molecule has 0 fully saturated rings. The summed E-state index contributed by atoms with van der Waals surface area (Å²) in [4.78, 5) is 33.8. The van der Waals surface area contributed by atoms with Crippen LogP contribution in [0.4, 0.5) is 11.4 Å². The van der Waals surface area contributed by atoms with Crippen molar-refractivity contribution in [3.05, 3.63) is 63.2 Å². The summed E-state index contributed by atoms with van der Waals surface area (Å²) in [7, 11) is -4.03. The van der Waals surface area contributed by atoms with Crippen molar-refractivity contribution in [3.63, 3.8) is 0 Å². The Bertz CT molecular complexity index is 1050. The second kappa shape index (κ2) is 8.15. The van der Waals surface area contributed by atoms with Gasteiger partial charge in [0.15, 0.2) is 6.61 Å². The lowest BCUT2D eigenvalue weighted by atomic mass is 10.1. The predicted molar refractivity (Wildman–Crippen MR) is 99.3 cm³/mol. The molecule has 0 aliphatic carbocycles. The maximum atomic E-state index is 12.2. The van der Waals surface area contributed by atoms with Gasteiger partial charge in [-0.05, 0) is 49.2 Å². The molecule has 0 bridgehead atoms. The third kappa shape index (κ3) is 5.11. The quantitative estimate of drug-likeness (QED) is 0.418. The molecule has 0 saturated carbocycles. The zero-order valence-corrected chi connectivity index (χ0v) is 15.8. The number of primary sulfonamides is 1. The molecule has 148 valence electrons. The van der Waals surface area contributed by atoms with Gasteiger partial charge in [0.1, 0.15) is 0 Å². The molecule has 2 aromatic carbocycles. The van der Waals surface area contributed by atoms with Crippen LogP contribution in [0.25, 0.3) is 0 Å². The molecule has 0 unspecified atom stereocenters. The van der Waals surface area contributed by atoms with E-state index in [0.29, 0.717) is 11.1 Å². The summed E-state index contributed by atoms with van der Waals surface area (Å²) in [5, 5.41) is 18.2. The highest BCUT2D eigenvalue weighted by atomic mass is 32.2. The Kier molecular flexibility index (Phi) is 6.11. The van der Waals surface area contributed by atoms with Crippen LogP contribution in [0.5, 0.6) is 0 Å². The number of amides is 1. The van der Waals surface area contributed by atoms with Gasteiger partial charge in [0.2, 0.25) is 10.0 Å². The highest BCUT2D eigenvalue weighted by Gasteiger charge is 2.19. The summed E-state index contributed by atoms with van der Waals surface area (Å²) in [5.41, 5.74) is 1.03. The molecule has 0 aliphatic heterocycles. The van der Waals surface area contributed by atoms with Gasteiger partial charge in [0, 0.05) is 17.8 Å². The first-order valence-electron chi connectivity index (χ1n) is 7.84. The van der Waals surface area contributed by atoms with E-state index in [1.165, 1.54) is 30.3 Å². The monoisotopic (exact) mass is 407 g/mol. The largest absolute Gasteiger partial charge is 0.452 e. The lowest BCUT2D eigenvalue weighted by Crippen LogP contribution is -2.21. The van der Waals surface area contributed by atoms with Crippen LogP contribution in [0.3, 0.4) is 0 Å². The number of nitrogens with zero attached hydrogens (tertiary/aromatic N) is 1. The van der Waals surface area contributed by atoms with E-state index in [4.69, 9.17) is 9.88 Å². The number of nitrogens with two attached hydrogens (primary N) is 1. The number of esters is 1. The van der Waals surface area contributed by atoms with E-state index in [1.54, 1.807) is 13.8 Å². The van der Waals surface area contributed by atoms with Crippen molar-refractivity contribution >= 4 is 33.3 Å². The minimum atomic E-state index is -4.03. The molecule has 2 aromatic rings. The number of carbonyl (C=O) groups excluding carboxylic acids is 2. The number of rotatable bonds is 6. The molecule has 0 saturated heterocycles. The Hall–Kier alpha value is -3.31. The SMILES string of the molecule is Cc1cc(C(=O)OCC(=O)Nc2ccc([N+](=O)[O-])cc2)cc(S(N)(=O)=O)c1C. The molecule has 0 aliphatic rings. The fraction of sp³-hybridized carbons (Fsp3) is 0.176. The van der Waals surface area contributed by atoms with Crippen LogP contribution >= 0.6 is 0 Å². The summed E-state index contributed by atoms with van der Waals surface area (Å²) in [6, 6.07) is 7.62. The third-order valence-corrected chi connectivity index (χ3v) is 4.90. The average molecular weight is 407 g/mol. The van der Waals surface area contributed by atoms with Crippen LogP contribution in [0, 0.1) is 24.0 Å². The van der Waals surface area contributed by atoms with E-state index in [-0.39, 0.29) is 21.8 Å². The molecule has 10 nitrogen and oxygen atoms in total. The summed E-state index contributed by atoms with van der Waals surface area (Å²) in [6.07, 6.45) is 0. The molecule has 0 radical (unpaired) electrons. The Morgan fingerprint density at radius 1 is 1.18 bits per heavy atom. The Labute approximate surface area is 160 Å². The van der Waals surface area contributed by atoms with E-state index in [0.717, 1.165) is 6.07 Å². The minimum absolute atomic E-state index is 0.0599. The average Bonchev–Trinajstić information content (AvgIpc) is 2.61. The number of benzene rings is 2. The standard InChI is InChI=1S/C17H17N3O7S/c1-10-7-12(8-15(11(10)2)28(18,25)26)17(22)27-9-16(21)19-13-3-5-14(6-4-13)20(23)24/h3-8H,9H2,1-2H3,(H,19,21)(H2,18,25,26). The number of hydrogen-bond acceptors (Lipinski definition) is 7. The van der Waals surface area contributed by atoms with Gasteiger partial charge in [-0.15, -0.1) is 0 Å². The highest BCUT2D eigenvalue weighted by molar-refractivity contribution is 7.89. The number of ether oxygens (including phenoxy) is 1. The summed E-state index contributed by atoms with van der Waals surface area (Å²) >= 11 is 0. The zero-order chi connectivity index (χ0) is 21.1. The minimum Gasteiger partial charge on any atom is -0.452 e. The molecular weight excluding hydrogens is 390 g/mol. The molecule has 0 aromatic heterocycles. The molecule has 3 N–H and O–H groups in total. The number of hydrogen-bond donors (Lipinski definition) is 2. The maximum absolute atomic E-state index is 12.2. The van der Waals surface area contributed by atoms with Crippen molar-refractivity contribution in [1.29, 1.82) is 0 Å². The topological polar surface area (TPSA) is 159 Å². The second-order valence-electron chi connectivity index (χ2n) is 5.89. The fourth-order valence-electron chi connectivity index (χ4n) is 2.32. The van der Waals surface area contributed by atoms with Crippen molar-refractivity contribution < 1.29 is 27.7 Å². The molecular formula is C17H17N3O7S. The summed E-state index contributed by atoms with van der Waals surface area (Å²) in [6.45, 7) is 2.54. The normalized spacial score (nSPS) is 11.0. The lowest BCUT2D eigenvalue weighted by Gasteiger charge is -2.11. The van der Waals surface area contributed by atoms with Gasteiger partial charge >= 0.3 is 5.97 Å². The van der Waals surface area contributed by atoms with Crippen LogP contribution in [0.1, 0.15) is 21.5 Å². The Morgan fingerprint density at radius 3 is 2.32 bits per heavy atom. The summed E-state index contributed by atoms with van der Waals surface area (Å²) < 4.78 is 28.2. The zero-order valence-electron chi connectivity index (χ0n) is 15.0. The van der Waals surface area contributed by atoms with E-state index in [1.807, 2.05) is 0 Å². The van der Waals surface area contributed by atoms with Gasteiger partial charge in [-0.1, -0.05) is 0 Å². The number of nitro groups is 1. The number of nitrogens with one attached hydrogen (secondary N) is 1. The highest BCUT2D eigenvalue weighted by Crippen LogP contribution is 2.21. The van der Waals surface area contributed by atoms with E-state index < -0.39 is 33.4 Å². The molecule has 0 atom stereocenters. The predicted octanol–water partition coefficient (Wildman–Crippen LogP) is 1.65. The van der Waals surface area contributed by atoms with Crippen molar-refractivity contribution in [2.75, 3.05) is 11.9 Å². The third-order valence-electron chi connectivity index (χ3n) is 3.86. The van der Waals surface area contributed by atoms with E-state index in [9.17, 15) is 28.1 Å². The molecule has 1 amide bonds. The fourth-order valence-corrected chi connectivity index (χ4v) is 3.20. The van der Waals surface area contributed by atoms with Crippen molar-refractivity contribution in [2.24, 2.45) is 5.14 Å². The van der Waals surface area contributed by atoms with Crippen LogP contribution in [-0.2, 0) is 19.6 Å². The number of nitro benzene ring substituents is 1. The molecule has 11 heteroatoms. The lowest BCUT2D eigenvalue weighted by molar-refractivity contribution is -0.384. The van der Waals surface area contributed by atoms with Gasteiger partial charge in [0.25, 0.3) is 11.6 Å². The smallest absolute Gasteiger partial charge is 0.338 e. The first-order valence-corrected chi connectivity index (χ1v) is 9.39. The van der Waals surface area contributed by atoms with Crippen LogP contribution < -0.4 is 10.5 Å². The summed E-state index contributed by atoms with van der Waals surface area (Å²) in [5.74, 6) is -1.57. The van der Waals surface area contributed by atoms with Crippen molar-refractivity contribution in [3.8, 4) is 0 Å². The first kappa shape index (κ1) is 21.0. The molecule has 28 heavy (non-hydrogen) atoms. The molecule has 2 rings (SSSR count). The van der Waals surface area contributed by atoms with Gasteiger partial charge in [-0.25, -0.2) is 18.4 Å². The maximum Gasteiger partial charge on any atom is 0.338 e. The second-order valence-corrected chi connectivity index (χ2v) is 7.42. The van der Waals surface area contributed by atoms with Gasteiger partial charge < -0.3 is 10.1 Å². The van der Waals surface area contributed by atoms with E-state index >= 15 is 0 Å². The van der Waals surface area contributed by atoms with E-state index in [2.05, 4.69) is 5.32 Å². The van der Waals surface area contributed by atoms with Crippen molar-refractivity contribution in [1.82, 2.24) is 0 Å². The Balaban J connectivity index is 2.04. The first-order chi connectivity index (χ1) is 13.0. The van der Waals surface area contributed by atoms with Gasteiger partial charge in [0.05, 0.1) is 15.4 Å². The number of carbonyl (C=O) groups is 2. The van der Waals surface area contributed by atoms with Crippen LogP contribution in [0.15, 0.2) is 41.3 Å². The number of non-ortho nitro benzene ring substituents is 1. The van der Waals surface area contributed by atoms with Gasteiger partial charge in [-0.3, -0.25) is 14.9 Å². The number of aryl methyl sites for hydroxylation is 1. The van der Waals surface area contributed by atoms with Crippen molar-refractivity contribution in [2.45, 2.75) is 18.7 Å².